The number of carbonyl (C=O) groups excluding carboxylic acids is 2. The standard InChI is InChI=1S/C24H20N4O2/c25-24-27-22-19(23(30)28-24)17(14-11-5-7-12-6-1-2-8-13(12)14)18-20(26-22)15-9-3-4-10-16(15)21(18)29/h1-11,17,19,22,24,26-27H,25H2,(H,28,30). The van der Waals surface area contributed by atoms with Crippen molar-refractivity contribution in [3.63, 3.8) is 0 Å². The van der Waals surface area contributed by atoms with E-state index >= 15 is 0 Å². The van der Waals surface area contributed by atoms with Crippen molar-refractivity contribution in [2.24, 2.45) is 11.7 Å². The molecule has 5 N–H and O–H groups in total. The van der Waals surface area contributed by atoms with E-state index in [4.69, 9.17) is 5.73 Å². The van der Waals surface area contributed by atoms with E-state index in [-0.39, 0.29) is 17.9 Å². The smallest absolute Gasteiger partial charge is 0.229 e. The van der Waals surface area contributed by atoms with Crippen LogP contribution in [0.4, 0.5) is 0 Å². The Balaban J connectivity index is 1.63. The number of hydrogen-bond acceptors (Lipinski definition) is 5. The highest BCUT2D eigenvalue weighted by atomic mass is 16.2. The normalized spacial score (nSPS) is 27.2. The van der Waals surface area contributed by atoms with E-state index in [1.807, 2.05) is 60.7 Å². The molecular weight excluding hydrogens is 376 g/mol. The maximum absolute atomic E-state index is 13.5. The molecule has 2 heterocycles. The van der Waals surface area contributed by atoms with Crippen LogP contribution in [-0.2, 0) is 4.79 Å². The number of benzene rings is 3. The Hall–Kier alpha value is -3.48. The van der Waals surface area contributed by atoms with Gasteiger partial charge in [-0.25, -0.2) is 0 Å². The maximum atomic E-state index is 13.5. The predicted molar refractivity (Wildman–Crippen MR) is 114 cm³/mol. The Morgan fingerprint density at radius 2 is 1.53 bits per heavy atom. The average molecular weight is 396 g/mol. The minimum absolute atomic E-state index is 0.0212. The van der Waals surface area contributed by atoms with Gasteiger partial charge in [0, 0.05) is 22.6 Å². The zero-order valence-electron chi connectivity index (χ0n) is 16.1. The van der Waals surface area contributed by atoms with E-state index in [2.05, 4.69) is 22.0 Å². The first-order chi connectivity index (χ1) is 14.6. The first-order valence-corrected chi connectivity index (χ1v) is 10.1. The van der Waals surface area contributed by atoms with E-state index in [1.165, 1.54) is 0 Å². The summed E-state index contributed by atoms with van der Waals surface area (Å²) in [6, 6.07) is 21.7. The first-order valence-electron chi connectivity index (χ1n) is 10.1. The quantitative estimate of drug-likeness (QED) is 0.505. The fourth-order valence-corrected chi connectivity index (χ4v) is 5.18. The highest BCUT2D eigenvalue weighted by Crippen LogP contribution is 2.48. The van der Waals surface area contributed by atoms with Crippen molar-refractivity contribution in [1.82, 2.24) is 16.0 Å². The molecule has 3 aliphatic rings. The Morgan fingerprint density at radius 1 is 0.800 bits per heavy atom. The summed E-state index contributed by atoms with van der Waals surface area (Å²) in [4.78, 5) is 26.6. The van der Waals surface area contributed by atoms with Gasteiger partial charge in [-0.05, 0) is 16.3 Å². The third-order valence-corrected chi connectivity index (χ3v) is 6.40. The Morgan fingerprint density at radius 3 is 2.40 bits per heavy atom. The van der Waals surface area contributed by atoms with E-state index in [9.17, 15) is 9.59 Å². The number of nitrogens with one attached hydrogen (secondary N) is 3. The molecule has 2 aliphatic heterocycles. The molecule has 1 aliphatic carbocycles. The van der Waals surface area contributed by atoms with Crippen LogP contribution >= 0.6 is 0 Å². The Bertz CT molecular complexity index is 1260. The number of nitrogens with two attached hydrogens (primary N) is 1. The van der Waals surface area contributed by atoms with Crippen LogP contribution in [0.3, 0.4) is 0 Å². The minimum Gasteiger partial charge on any atom is -0.368 e. The second kappa shape index (κ2) is 6.26. The molecule has 0 spiro atoms. The molecule has 4 unspecified atom stereocenters. The SMILES string of the molecule is NC1NC(=O)C2C(NC3=C(C(=O)c4ccccc43)C2c2cccc3ccccc23)N1. The van der Waals surface area contributed by atoms with Crippen molar-refractivity contribution in [2.45, 2.75) is 18.4 Å². The van der Waals surface area contributed by atoms with Crippen molar-refractivity contribution in [3.8, 4) is 0 Å². The summed E-state index contributed by atoms with van der Waals surface area (Å²) >= 11 is 0. The minimum atomic E-state index is -0.645. The van der Waals surface area contributed by atoms with Crippen LogP contribution in [0.2, 0.25) is 0 Å². The topological polar surface area (TPSA) is 96.2 Å². The maximum Gasteiger partial charge on any atom is 0.229 e. The largest absolute Gasteiger partial charge is 0.368 e. The van der Waals surface area contributed by atoms with Crippen LogP contribution in [0, 0.1) is 5.92 Å². The molecule has 6 rings (SSSR count). The lowest BCUT2D eigenvalue weighted by atomic mass is 9.73. The van der Waals surface area contributed by atoms with Gasteiger partial charge in [0.2, 0.25) is 5.91 Å². The monoisotopic (exact) mass is 396 g/mol. The van der Waals surface area contributed by atoms with Gasteiger partial charge in [-0.3, -0.25) is 20.6 Å². The van der Waals surface area contributed by atoms with E-state index < -0.39 is 18.1 Å². The van der Waals surface area contributed by atoms with Gasteiger partial charge in [-0.1, -0.05) is 66.7 Å². The second-order valence-electron chi connectivity index (χ2n) is 8.01. The van der Waals surface area contributed by atoms with Crippen molar-refractivity contribution < 1.29 is 9.59 Å². The number of rotatable bonds is 1. The zero-order chi connectivity index (χ0) is 20.4. The van der Waals surface area contributed by atoms with Gasteiger partial charge in [0.25, 0.3) is 0 Å². The number of Topliss-reactive ketones (excluding diaryl/α,β-unsaturated/α-hetero) is 1. The van der Waals surface area contributed by atoms with E-state index in [1.54, 1.807) is 0 Å². The van der Waals surface area contributed by atoms with Crippen molar-refractivity contribution in [1.29, 1.82) is 0 Å². The van der Waals surface area contributed by atoms with E-state index in [0.717, 1.165) is 27.6 Å². The lowest BCUT2D eigenvalue weighted by Gasteiger charge is -2.44. The summed E-state index contributed by atoms with van der Waals surface area (Å²) in [7, 11) is 0. The summed E-state index contributed by atoms with van der Waals surface area (Å²) in [5.74, 6) is -1.08. The zero-order valence-corrected chi connectivity index (χ0v) is 16.1. The van der Waals surface area contributed by atoms with Gasteiger partial charge in [-0.2, -0.15) is 0 Å². The van der Waals surface area contributed by atoms with Crippen molar-refractivity contribution in [3.05, 3.63) is 89.0 Å². The van der Waals surface area contributed by atoms with Crippen molar-refractivity contribution in [2.75, 3.05) is 0 Å². The molecule has 0 aromatic heterocycles. The van der Waals surface area contributed by atoms with Crippen LogP contribution in [0.25, 0.3) is 16.5 Å². The molecule has 3 aromatic carbocycles. The van der Waals surface area contributed by atoms with E-state index in [0.29, 0.717) is 11.1 Å². The lowest BCUT2D eigenvalue weighted by Crippen LogP contribution is -2.70. The number of amides is 1. The highest BCUT2D eigenvalue weighted by molar-refractivity contribution is 6.22. The molecule has 6 nitrogen and oxygen atoms in total. The number of fused-ring (bicyclic) bond motifs is 4. The second-order valence-corrected chi connectivity index (χ2v) is 8.01. The van der Waals surface area contributed by atoms with Gasteiger partial charge in [0.1, 0.15) is 6.29 Å². The van der Waals surface area contributed by atoms with Crippen LogP contribution in [0.5, 0.6) is 0 Å². The number of allylic oxidation sites excluding steroid dienone is 1. The summed E-state index contributed by atoms with van der Waals surface area (Å²) in [6.45, 7) is 0. The third-order valence-electron chi connectivity index (χ3n) is 6.40. The number of ketones is 1. The summed E-state index contributed by atoms with van der Waals surface area (Å²) in [6.07, 6.45) is -1.02. The molecule has 148 valence electrons. The molecule has 1 fully saturated rings. The molecule has 1 saturated heterocycles. The van der Waals surface area contributed by atoms with Crippen molar-refractivity contribution >= 4 is 28.2 Å². The fraction of sp³-hybridized carbons (Fsp3) is 0.167. The molecular formula is C24H20N4O2. The summed E-state index contributed by atoms with van der Waals surface area (Å²) in [5, 5.41) is 11.6. The molecule has 0 bridgehead atoms. The highest BCUT2D eigenvalue weighted by Gasteiger charge is 2.51. The number of hydrogen-bond donors (Lipinski definition) is 4. The molecule has 1 amide bonds. The number of carbonyl (C=O) groups is 2. The first kappa shape index (κ1) is 17.4. The predicted octanol–water partition coefficient (Wildman–Crippen LogP) is 2.04. The Labute approximate surface area is 173 Å². The van der Waals surface area contributed by atoms with Gasteiger partial charge >= 0.3 is 0 Å². The van der Waals surface area contributed by atoms with Crippen LogP contribution in [-0.4, -0.2) is 24.1 Å². The molecule has 0 saturated carbocycles. The Kier molecular flexibility index (Phi) is 3.63. The van der Waals surface area contributed by atoms with Gasteiger partial charge < -0.3 is 10.6 Å². The molecule has 4 atom stereocenters. The summed E-state index contributed by atoms with van der Waals surface area (Å²) < 4.78 is 0. The fourth-order valence-electron chi connectivity index (χ4n) is 5.18. The molecule has 30 heavy (non-hydrogen) atoms. The summed E-state index contributed by atoms with van der Waals surface area (Å²) in [5.41, 5.74) is 9.97. The average Bonchev–Trinajstić information content (AvgIpc) is 3.04. The van der Waals surface area contributed by atoms with Gasteiger partial charge in [-0.15, -0.1) is 0 Å². The molecule has 3 aromatic rings. The lowest BCUT2D eigenvalue weighted by molar-refractivity contribution is -0.130. The molecule has 6 heteroatoms. The molecule has 0 radical (unpaired) electrons. The van der Waals surface area contributed by atoms with Crippen LogP contribution in [0.1, 0.15) is 27.4 Å². The van der Waals surface area contributed by atoms with Crippen LogP contribution < -0.4 is 21.7 Å². The van der Waals surface area contributed by atoms with Gasteiger partial charge in [0.05, 0.1) is 17.8 Å². The van der Waals surface area contributed by atoms with Gasteiger partial charge in [0.15, 0.2) is 5.78 Å². The third kappa shape index (κ3) is 2.32. The van der Waals surface area contributed by atoms with Crippen LogP contribution in [0.15, 0.2) is 72.3 Å².